The smallest absolute Gasteiger partial charge is 0.255 e. The first-order chi connectivity index (χ1) is 7.69. The normalized spacial score (nSPS) is 9.94. The zero-order chi connectivity index (χ0) is 12.0. The average Bonchev–Trinajstić information content (AvgIpc) is 2.29. The van der Waals surface area contributed by atoms with E-state index in [1.807, 2.05) is 0 Å². The van der Waals surface area contributed by atoms with Gasteiger partial charge in [0, 0.05) is 18.1 Å². The Morgan fingerprint density at radius 3 is 2.81 bits per heavy atom. The Hall–Kier alpha value is -1.07. The summed E-state index contributed by atoms with van der Waals surface area (Å²) in [5, 5.41) is 2.73. The molecule has 1 amide bonds. The van der Waals surface area contributed by atoms with Crippen molar-refractivity contribution in [3.8, 4) is 5.75 Å². The molecule has 0 saturated heterocycles. The van der Waals surface area contributed by atoms with Crippen LogP contribution in [0.2, 0.25) is 0 Å². The first kappa shape index (κ1) is 13.0. The van der Waals surface area contributed by atoms with E-state index in [9.17, 15) is 4.79 Å². The van der Waals surface area contributed by atoms with Crippen molar-refractivity contribution in [1.82, 2.24) is 5.32 Å². The lowest BCUT2D eigenvalue weighted by atomic mass is 10.2. The summed E-state index contributed by atoms with van der Waals surface area (Å²) in [7, 11) is 3.13. The molecule has 0 aliphatic heterocycles. The molecule has 88 valence electrons. The minimum atomic E-state index is -0.165. The Bertz CT molecular complexity index is 368. The van der Waals surface area contributed by atoms with Crippen LogP contribution < -0.4 is 10.1 Å². The van der Waals surface area contributed by atoms with Gasteiger partial charge in [-0.3, -0.25) is 4.79 Å². The summed E-state index contributed by atoms with van der Waals surface area (Å²) in [6.45, 7) is 0.971. The second kappa shape index (κ2) is 6.50. The Morgan fingerprint density at radius 1 is 1.44 bits per heavy atom. The number of amides is 1. The molecule has 0 saturated carbocycles. The molecule has 0 heterocycles. The third-order valence-corrected chi connectivity index (χ3v) is 2.49. The van der Waals surface area contributed by atoms with E-state index in [0.717, 1.165) is 4.47 Å². The van der Waals surface area contributed by atoms with Crippen molar-refractivity contribution in [3.05, 3.63) is 28.2 Å². The summed E-state index contributed by atoms with van der Waals surface area (Å²) in [6.07, 6.45) is 0. The molecule has 0 bridgehead atoms. The summed E-state index contributed by atoms with van der Waals surface area (Å²) >= 11 is 3.32. The molecule has 0 spiro atoms. The Kier molecular flexibility index (Phi) is 5.28. The highest BCUT2D eigenvalue weighted by molar-refractivity contribution is 9.10. The second-order valence-corrected chi connectivity index (χ2v) is 4.01. The number of ether oxygens (including phenoxy) is 2. The lowest BCUT2D eigenvalue weighted by Crippen LogP contribution is -2.27. The van der Waals surface area contributed by atoms with Crippen LogP contribution in [0.3, 0.4) is 0 Å². The summed E-state index contributed by atoms with van der Waals surface area (Å²) in [5.41, 5.74) is 0.516. The molecule has 1 rings (SSSR count). The van der Waals surface area contributed by atoms with Gasteiger partial charge in [0.15, 0.2) is 0 Å². The van der Waals surface area contributed by atoms with Crippen molar-refractivity contribution in [2.75, 3.05) is 27.4 Å². The van der Waals surface area contributed by atoms with Gasteiger partial charge >= 0.3 is 0 Å². The molecule has 5 heteroatoms. The number of hydrogen-bond acceptors (Lipinski definition) is 3. The lowest BCUT2D eigenvalue weighted by molar-refractivity contribution is 0.0934. The number of carbonyl (C=O) groups excluding carboxylic acids is 1. The fraction of sp³-hybridized carbons (Fsp3) is 0.364. The number of rotatable bonds is 5. The van der Waals surface area contributed by atoms with Crippen molar-refractivity contribution < 1.29 is 14.3 Å². The first-order valence-corrected chi connectivity index (χ1v) is 5.59. The van der Waals surface area contributed by atoms with Gasteiger partial charge in [0.1, 0.15) is 5.75 Å². The maximum Gasteiger partial charge on any atom is 0.255 e. The van der Waals surface area contributed by atoms with E-state index in [-0.39, 0.29) is 5.91 Å². The van der Waals surface area contributed by atoms with Crippen LogP contribution in [0.25, 0.3) is 0 Å². The predicted molar refractivity (Wildman–Crippen MR) is 64.9 cm³/mol. The second-order valence-electron chi connectivity index (χ2n) is 3.09. The molecule has 0 fully saturated rings. The number of benzene rings is 1. The molecule has 4 nitrogen and oxygen atoms in total. The minimum Gasteiger partial charge on any atom is -0.496 e. The van der Waals surface area contributed by atoms with Crippen LogP contribution >= 0.6 is 15.9 Å². The summed E-state index contributed by atoms with van der Waals surface area (Å²) in [4.78, 5) is 11.7. The molecule has 16 heavy (non-hydrogen) atoms. The fourth-order valence-corrected chi connectivity index (χ4v) is 1.55. The average molecular weight is 288 g/mol. The maximum atomic E-state index is 11.7. The molecular formula is C11H14BrNO3. The van der Waals surface area contributed by atoms with Crippen LogP contribution in [0.4, 0.5) is 0 Å². The zero-order valence-corrected chi connectivity index (χ0v) is 10.8. The molecule has 0 atom stereocenters. The SMILES string of the molecule is COCCNC(=O)c1ccc(Br)cc1OC. The van der Waals surface area contributed by atoms with Crippen molar-refractivity contribution in [2.45, 2.75) is 0 Å². The van der Waals surface area contributed by atoms with Crippen LogP contribution in [-0.4, -0.2) is 33.3 Å². The molecule has 0 aliphatic rings. The monoisotopic (exact) mass is 287 g/mol. The quantitative estimate of drug-likeness (QED) is 0.841. The van der Waals surface area contributed by atoms with Crippen LogP contribution in [0, 0.1) is 0 Å². The number of hydrogen-bond donors (Lipinski definition) is 1. The van der Waals surface area contributed by atoms with Gasteiger partial charge in [-0.2, -0.15) is 0 Å². The Balaban J connectivity index is 2.74. The van der Waals surface area contributed by atoms with Gasteiger partial charge in [-0.05, 0) is 18.2 Å². The van der Waals surface area contributed by atoms with E-state index in [4.69, 9.17) is 9.47 Å². The molecule has 1 aromatic rings. The lowest BCUT2D eigenvalue weighted by Gasteiger charge is -2.09. The van der Waals surface area contributed by atoms with Crippen molar-refractivity contribution in [1.29, 1.82) is 0 Å². The van der Waals surface area contributed by atoms with Gasteiger partial charge in [-0.25, -0.2) is 0 Å². The van der Waals surface area contributed by atoms with E-state index in [2.05, 4.69) is 21.2 Å². The minimum absolute atomic E-state index is 0.165. The highest BCUT2D eigenvalue weighted by Gasteiger charge is 2.11. The van der Waals surface area contributed by atoms with Crippen LogP contribution in [-0.2, 0) is 4.74 Å². The third kappa shape index (κ3) is 3.50. The summed E-state index contributed by atoms with van der Waals surface area (Å²) in [6, 6.07) is 5.27. The van der Waals surface area contributed by atoms with Gasteiger partial charge in [-0.15, -0.1) is 0 Å². The van der Waals surface area contributed by atoms with Gasteiger partial charge in [0.05, 0.1) is 19.3 Å². The van der Waals surface area contributed by atoms with Gasteiger partial charge in [0.25, 0.3) is 5.91 Å². The Morgan fingerprint density at radius 2 is 2.19 bits per heavy atom. The van der Waals surface area contributed by atoms with Crippen LogP contribution in [0.15, 0.2) is 22.7 Å². The van der Waals surface area contributed by atoms with E-state index < -0.39 is 0 Å². The highest BCUT2D eigenvalue weighted by atomic mass is 79.9. The van der Waals surface area contributed by atoms with Gasteiger partial charge in [0.2, 0.25) is 0 Å². The number of carbonyl (C=O) groups is 1. The molecule has 0 unspecified atom stereocenters. The van der Waals surface area contributed by atoms with Crippen LogP contribution in [0.5, 0.6) is 5.75 Å². The largest absolute Gasteiger partial charge is 0.496 e. The van der Waals surface area contributed by atoms with Crippen molar-refractivity contribution >= 4 is 21.8 Å². The molecule has 0 aromatic heterocycles. The maximum absolute atomic E-state index is 11.7. The third-order valence-electron chi connectivity index (χ3n) is 2.00. The highest BCUT2D eigenvalue weighted by Crippen LogP contribution is 2.23. The predicted octanol–water partition coefficient (Wildman–Crippen LogP) is 1.83. The summed E-state index contributed by atoms with van der Waals surface area (Å²) in [5.74, 6) is 0.380. The standard InChI is InChI=1S/C11H14BrNO3/c1-15-6-5-13-11(14)9-4-3-8(12)7-10(9)16-2/h3-4,7H,5-6H2,1-2H3,(H,13,14). The van der Waals surface area contributed by atoms with E-state index >= 15 is 0 Å². The van der Waals surface area contributed by atoms with E-state index in [1.165, 1.54) is 7.11 Å². The topological polar surface area (TPSA) is 47.6 Å². The molecule has 1 N–H and O–H groups in total. The molecule has 0 radical (unpaired) electrons. The summed E-state index contributed by atoms with van der Waals surface area (Å²) < 4.78 is 10.9. The van der Waals surface area contributed by atoms with Crippen LogP contribution in [0.1, 0.15) is 10.4 Å². The number of methoxy groups -OCH3 is 2. The zero-order valence-electron chi connectivity index (χ0n) is 9.25. The molecular weight excluding hydrogens is 274 g/mol. The fourth-order valence-electron chi connectivity index (χ4n) is 1.21. The van der Waals surface area contributed by atoms with E-state index in [1.54, 1.807) is 25.3 Å². The Labute approximate surface area is 103 Å². The number of halogens is 1. The van der Waals surface area contributed by atoms with Gasteiger partial charge < -0.3 is 14.8 Å². The first-order valence-electron chi connectivity index (χ1n) is 4.79. The van der Waals surface area contributed by atoms with Gasteiger partial charge in [-0.1, -0.05) is 15.9 Å². The number of nitrogens with one attached hydrogen (secondary N) is 1. The van der Waals surface area contributed by atoms with E-state index in [0.29, 0.717) is 24.5 Å². The van der Waals surface area contributed by atoms with Crippen molar-refractivity contribution in [2.24, 2.45) is 0 Å². The molecule has 1 aromatic carbocycles. The molecule has 0 aliphatic carbocycles. The van der Waals surface area contributed by atoms with Crippen molar-refractivity contribution in [3.63, 3.8) is 0 Å².